The van der Waals surface area contributed by atoms with E-state index in [0.717, 1.165) is 32.1 Å². The molecule has 5 atom stereocenters. The number of fused-ring (bicyclic) bond motifs is 2. The van der Waals surface area contributed by atoms with Crippen LogP contribution in [0.5, 0.6) is 0 Å². The molecule has 0 heterocycles. The summed E-state index contributed by atoms with van der Waals surface area (Å²) in [4.78, 5) is 0. The molecule has 1 N–H and O–H groups in total. The smallest absolute Gasteiger partial charge is 0.192 e. The van der Waals surface area contributed by atoms with Crippen LogP contribution in [-0.4, -0.2) is 45.1 Å². The Morgan fingerprint density at radius 2 is 2.00 bits per heavy atom. The van der Waals surface area contributed by atoms with E-state index < -0.39 is 13.9 Å². The van der Waals surface area contributed by atoms with Gasteiger partial charge in [0.1, 0.15) is 6.79 Å². The van der Waals surface area contributed by atoms with Crippen LogP contribution in [0.3, 0.4) is 0 Å². The molecule has 0 saturated heterocycles. The number of hydrogen-bond donors (Lipinski definition) is 1. The van der Waals surface area contributed by atoms with E-state index in [-0.39, 0.29) is 22.7 Å². The van der Waals surface area contributed by atoms with Gasteiger partial charge in [0, 0.05) is 12.5 Å². The molecule has 160 valence electrons. The summed E-state index contributed by atoms with van der Waals surface area (Å²) in [6.45, 7) is 15.9. The van der Waals surface area contributed by atoms with E-state index in [0.29, 0.717) is 12.7 Å². The van der Waals surface area contributed by atoms with Crippen molar-refractivity contribution in [2.75, 3.05) is 13.9 Å². The highest BCUT2D eigenvalue weighted by atomic mass is 28.4. The van der Waals surface area contributed by atoms with Crippen molar-refractivity contribution in [1.82, 2.24) is 0 Å². The van der Waals surface area contributed by atoms with Crippen LogP contribution in [0.1, 0.15) is 59.3 Å². The van der Waals surface area contributed by atoms with E-state index in [1.807, 2.05) is 0 Å². The third kappa shape index (κ3) is 3.47. The van der Waals surface area contributed by atoms with E-state index in [1.54, 1.807) is 13.2 Å². The third-order valence-corrected chi connectivity index (χ3v) is 12.5. The Morgan fingerprint density at radius 1 is 1.29 bits per heavy atom. The molecule has 0 bridgehead atoms. The minimum absolute atomic E-state index is 0.0478. The van der Waals surface area contributed by atoms with Gasteiger partial charge in [-0.1, -0.05) is 44.9 Å². The summed E-state index contributed by atoms with van der Waals surface area (Å²) < 4.78 is 18.0. The molecule has 3 rings (SSSR count). The van der Waals surface area contributed by atoms with E-state index in [1.165, 1.54) is 12.0 Å². The summed E-state index contributed by atoms with van der Waals surface area (Å²) >= 11 is 0. The number of ether oxygens (including phenoxy) is 2. The van der Waals surface area contributed by atoms with Crippen LogP contribution >= 0.6 is 0 Å². The molecule has 0 aromatic carbocycles. The average molecular weight is 409 g/mol. The van der Waals surface area contributed by atoms with Crippen LogP contribution in [0.2, 0.25) is 18.1 Å². The van der Waals surface area contributed by atoms with Gasteiger partial charge in [-0.05, 0) is 56.2 Å². The van der Waals surface area contributed by atoms with Crippen molar-refractivity contribution in [3.63, 3.8) is 0 Å². The van der Waals surface area contributed by atoms with Crippen molar-refractivity contribution in [3.05, 3.63) is 24.3 Å². The maximum Gasteiger partial charge on any atom is 0.192 e. The molecule has 2 saturated carbocycles. The van der Waals surface area contributed by atoms with Gasteiger partial charge in [0.25, 0.3) is 0 Å². The predicted molar refractivity (Wildman–Crippen MR) is 116 cm³/mol. The molecule has 0 aliphatic heterocycles. The summed E-state index contributed by atoms with van der Waals surface area (Å²) in [6.07, 6.45) is 10.1. The zero-order chi connectivity index (χ0) is 20.8. The fraction of sp³-hybridized carbons (Fsp3) is 0.826. The molecule has 28 heavy (non-hydrogen) atoms. The largest absolute Gasteiger partial charge is 0.413 e. The van der Waals surface area contributed by atoms with Gasteiger partial charge in [0.15, 0.2) is 8.32 Å². The lowest BCUT2D eigenvalue weighted by atomic mass is 9.58. The Hall–Kier alpha value is -0.463. The SMILES string of the molecule is C=C[C@]1(O)CC[C@@H](O[Si](C)(C)C(C)(C)C)[C@@]12CCC[C@H]1C[C@@H](OCOC)C=C12. The van der Waals surface area contributed by atoms with Gasteiger partial charge >= 0.3 is 0 Å². The van der Waals surface area contributed by atoms with Gasteiger partial charge in [0.05, 0.1) is 17.8 Å². The molecular weight excluding hydrogens is 368 g/mol. The van der Waals surface area contributed by atoms with Crippen LogP contribution in [0.15, 0.2) is 24.3 Å². The molecule has 5 heteroatoms. The van der Waals surface area contributed by atoms with Crippen molar-refractivity contribution >= 4 is 8.32 Å². The zero-order valence-electron chi connectivity index (χ0n) is 18.7. The molecular formula is C23H40O4Si. The Labute approximate surface area is 172 Å². The maximum atomic E-state index is 11.8. The normalized spacial score (nSPS) is 38.5. The molecule has 0 aromatic heterocycles. The van der Waals surface area contributed by atoms with Gasteiger partial charge < -0.3 is 19.0 Å². The molecule has 3 aliphatic carbocycles. The Morgan fingerprint density at radius 3 is 2.61 bits per heavy atom. The first-order valence-electron chi connectivity index (χ1n) is 10.9. The second-order valence-electron chi connectivity index (χ2n) is 10.6. The minimum atomic E-state index is -1.96. The summed E-state index contributed by atoms with van der Waals surface area (Å²) in [7, 11) is -0.301. The van der Waals surface area contributed by atoms with E-state index in [4.69, 9.17) is 13.9 Å². The van der Waals surface area contributed by atoms with Crippen LogP contribution in [-0.2, 0) is 13.9 Å². The quantitative estimate of drug-likeness (QED) is 0.373. The highest BCUT2D eigenvalue weighted by Crippen LogP contribution is 2.63. The van der Waals surface area contributed by atoms with Crippen LogP contribution in [0.25, 0.3) is 0 Å². The third-order valence-electron chi connectivity index (χ3n) is 8.05. The number of rotatable bonds is 6. The monoisotopic (exact) mass is 408 g/mol. The number of methoxy groups -OCH3 is 1. The standard InChI is InChI=1S/C23H40O4Si/c1-8-22(24)13-11-20(27-28(6,7)21(2,3)4)23(22)12-9-10-17-14-18(15-19(17)23)26-16-25-5/h8,15,17-18,20,24H,1,9-14,16H2,2-7H3/t17-,18+,20+,22-,23-/m0/s1. The van der Waals surface area contributed by atoms with Crippen LogP contribution < -0.4 is 0 Å². The zero-order valence-corrected chi connectivity index (χ0v) is 19.7. The first kappa shape index (κ1) is 22.2. The maximum absolute atomic E-state index is 11.8. The molecule has 0 aromatic rings. The lowest BCUT2D eigenvalue weighted by molar-refractivity contribution is -0.0649. The van der Waals surface area contributed by atoms with Crippen molar-refractivity contribution in [3.8, 4) is 0 Å². The lowest BCUT2D eigenvalue weighted by Crippen LogP contribution is -2.56. The highest BCUT2D eigenvalue weighted by Gasteiger charge is 2.64. The molecule has 2 fully saturated rings. The van der Waals surface area contributed by atoms with Crippen molar-refractivity contribution in [2.45, 2.75) is 95.2 Å². The van der Waals surface area contributed by atoms with Crippen molar-refractivity contribution in [1.29, 1.82) is 0 Å². The van der Waals surface area contributed by atoms with Gasteiger partial charge in [-0.3, -0.25) is 0 Å². The molecule has 4 nitrogen and oxygen atoms in total. The molecule has 0 radical (unpaired) electrons. The Bertz CT molecular complexity index is 623. The van der Waals surface area contributed by atoms with Gasteiger partial charge in [-0.15, -0.1) is 6.58 Å². The Balaban J connectivity index is 2.00. The van der Waals surface area contributed by atoms with Crippen molar-refractivity contribution < 1.29 is 19.0 Å². The minimum Gasteiger partial charge on any atom is -0.413 e. The van der Waals surface area contributed by atoms with E-state index >= 15 is 0 Å². The molecule has 3 aliphatic rings. The summed E-state index contributed by atoms with van der Waals surface area (Å²) in [5.41, 5.74) is 0.0995. The molecule has 1 spiro atoms. The van der Waals surface area contributed by atoms with Gasteiger partial charge in [0.2, 0.25) is 0 Å². The van der Waals surface area contributed by atoms with Crippen LogP contribution in [0, 0.1) is 11.3 Å². The predicted octanol–water partition coefficient (Wildman–Crippen LogP) is 5.19. The fourth-order valence-electron chi connectivity index (χ4n) is 5.53. The van der Waals surface area contributed by atoms with E-state index in [9.17, 15) is 5.11 Å². The first-order chi connectivity index (χ1) is 13.0. The highest BCUT2D eigenvalue weighted by molar-refractivity contribution is 6.74. The van der Waals surface area contributed by atoms with Gasteiger partial charge in [-0.2, -0.15) is 0 Å². The number of aliphatic hydroxyl groups is 1. The fourth-order valence-corrected chi connectivity index (χ4v) is 6.91. The summed E-state index contributed by atoms with van der Waals surface area (Å²) in [5, 5.41) is 11.9. The topological polar surface area (TPSA) is 47.9 Å². The average Bonchev–Trinajstić information content (AvgIpc) is 3.15. The van der Waals surface area contributed by atoms with E-state index in [2.05, 4.69) is 46.5 Å². The summed E-state index contributed by atoms with van der Waals surface area (Å²) in [6, 6.07) is 0. The number of hydrogen-bond acceptors (Lipinski definition) is 4. The van der Waals surface area contributed by atoms with Crippen LogP contribution in [0.4, 0.5) is 0 Å². The Kier molecular flexibility index (Phi) is 6.08. The van der Waals surface area contributed by atoms with Crippen molar-refractivity contribution in [2.24, 2.45) is 11.3 Å². The van der Waals surface area contributed by atoms with Gasteiger partial charge in [-0.25, -0.2) is 0 Å². The second-order valence-corrected chi connectivity index (χ2v) is 15.3. The first-order valence-corrected chi connectivity index (χ1v) is 13.8. The molecule has 0 amide bonds. The lowest BCUT2D eigenvalue weighted by Gasteiger charge is -2.52. The molecule has 0 unspecified atom stereocenters. The second kappa shape index (κ2) is 7.66. The summed E-state index contributed by atoms with van der Waals surface area (Å²) in [5.74, 6) is 0.464.